The summed E-state index contributed by atoms with van der Waals surface area (Å²) < 4.78 is 5.41. The predicted octanol–water partition coefficient (Wildman–Crippen LogP) is 4.09. The second kappa shape index (κ2) is 7.21. The van der Waals surface area contributed by atoms with Crippen LogP contribution in [0.1, 0.15) is 50.7 Å². The topological polar surface area (TPSA) is 29.5 Å². The van der Waals surface area contributed by atoms with Gasteiger partial charge in [-0.2, -0.15) is 0 Å². The molecule has 0 aliphatic rings. The van der Waals surface area contributed by atoms with Gasteiger partial charge in [0.25, 0.3) is 0 Å². The lowest BCUT2D eigenvalue weighted by Gasteiger charge is -2.15. The minimum Gasteiger partial charge on any atom is -0.508 e. The summed E-state index contributed by atoms with van der Waals surface area (Å²) >= 11 is 0. The first-order valence-corrected chi connectivity index (χ1v) is 6.62. The van der Waals surface area contributed by atoms with Crippen molar-refractivity contribution < 1.29 is 9.84 Å². The molecule has 0 saturated heterocycles. The van der Waals surface area contributed by atoms with Gasteiger partial charge >= 0.3 is 0 Å². The van der Waals surface area contributed by atoms with Gasteiger partial charge in [0.2, 0.25) is 0 Å². The molecule has 1 aromatic rings. The number of ether oxygens (including phenoxy) is 1. The molecule has 0 fully saturated rings. The lowest BCUT2D eigenvalue weighted by molar-refractivity contribution is 0.403. The van der Waals surface area contributed by atoms with Crippen molar-refractivity contribution in [3.8, 4) is 11.5 Å². The molecule has 1 rings (SSSR count). The largest absolute Gasteiger partial charge is 0.508 e. The van der Waals surface area contributed by atoms with Crippen molar-refractivity contribution in [2.24, 2.45) is 0 Å². The van der Waals surface area contributed by atoms with Crippen LogP contribution in [0.25, 0.3) is 0 Å². The molecule has 0 bridgehead atoms. The van der Waals surface area contributed by atoms with E-state index in [-0.39, 0.29) is 0 Å². The van der Waals surface area contributed by atoms with Crippen LogP contribution in [-0.2, 0) is 12.8 Å². The summed E-state index contributed by atoms with van der Waals surface area (Å²) in [4.78, 5) is 0. The maximum absolute atomic E-state index is 9.98. The van der Waals surface area contributed by atoms with Gasteiger partial charge in [0.15, 0.2) is 0 Å². The van der Waals surface area contributed by atoms with E-state index in [1.165, 1.54) is 5.56 Å². The Morgan fingerprint density at radius 1 is 1.00 bits per heavy atom. The normalized spacial score (nSPS) is 10.5. The molecule has 0 saturated carbocycles. The van der Waals surface area contributed by atoms with Gasteiger partial charge in [0.05, 0.1) is 7.11 Å². The molecular weight excluding hydrogens is 212 g/mol. The van der Waals surface area contributed by atoms with Crippen molar-refractivity contribution in [1.29, 1.82) is 0 Å². The first kappa shape index (κ1) is 13.9. The third-order valence-electron chi connectivity index (χ3n) is 3.14. The lowest BCUT2D eigenvalue weighted by Crippen LogP contribution is -1.99. The number of hydrogen-bond donors (Lipinski definition) is 1. The number of rotatable bonds is 7. The fraction of sp³-hybridized carbons (Fsp3) is 0.600. The van der Waals surface area contributed by atoms with E-state index in [0.717, 1.165) is 49.8 Å². The van der Waals surface area contributed by atoms with Crippen molar-refractivity contribution in [2.45, 2.75) is 52.4 Å². The summed E-state index contributed by atoms with van der Waals surface area (Å²) in [5.74, 6) is 1.34. The van der Waals surface area contributed by atoms with Crippen LogP contribution in [0.2, 0.25) is 0 Å². The monoisotopic (exact) mass is 236 g/mol. The van der Waals surface area contributed by atoms with E-state index in [9.17, 15) is 5.11 Å². The van der Waals surface area contributed by atoms with Crippen LogP contribution in [0.5, 0.6) is 11.5 Å². The number of aromatic hydroxyl groups is 1. The van der Waals surface area contributed by atoms with E-state index in [1.807, 2.05) is 6.07 Å². The highest BCUT2D eigenvalue weighted by Crippen LogP contribution is 2.32. The van der Waals surface area contributed by atoms with E-state index in [4.69, 9.17) is 4.74 Å². The Labute approximate surface area is 105 Å². The summed E-state index contributed by atoms with van der Waals surface area (Å²) in [6.45, 7) is 4.35. The number of benzene rings is 1. The highest BCUT2D eigenvalue weighted by Gasteiger charge is 2.12. The van der Waals surface area contributed by atoms with Crippen molar-refractivity contribution >= 4 is 0 Å². The number of methoxy groups -OCH3 is 1. The second-order valence-corrected chi connectivity index (χ2v) is 4.45. The van der Waals surface area contributed by atoms with Crippen LogP contribution in [-0.4, -0.2) is 12.2 Å². The minimum absolute atomic E-state index is 0.422. The molecule has 17 heavy (non-hydrogen) atoms. The zero-order chi connectivity index (χ0) is 12.7. The summed E-state index contributed by atoms with van der Waals surface area (Å²) in [7, 11) is 1.70. The molecule has 96 valence electrons. The Balaban J connectivity index is 3.02. The second-order valence-electron chi connectivity index (χ2n) is 4.45. The third kappa shape index (κ3) is 3.65. The van der Waals surface area contributed by atoms with Gasteiger partial charge in [-0.3, -0.25) is 0 Å². The molecule has 1 aromatic carbocycles. The maximum Gasteiger partial charge on any atom is 0.122 e. The number of hydrogen-bond acceptors (Lipinski definition) is 2. The highest BCUT2D eigenvalue weighted by molar-refractivity contribution is 5.48. The number of unbranched alkanes of at least 4 members (excludes halogenated alkanes) is 2. The van der Waals surface area contributed by atoms with Gasteiger partial charge in [-0.1, -0.05) is 26.7 Å². The molecule has 0 amide bonds. The zero-order valence-electron chi connectivity index (χ0n) is 11.3. The van der Waals surface area contributed by atoms with Crippen LogP contribution >= 0.6 is 0 Å². The van der Waals surface area contributed by atoms with Gasteiger partial charge in [0.1, 0.15) is 11.5 Å². The Kier molecular flexibility index (Phi) is 5.88. The summed E-state index contributed by atoms with van der Waals surface area (Å²) in [6.07, 6.45) is 6.49. The van der Waals surface area contributed by atoms with Crippen molar-refractivity contribution in [3.05, 3.63) is 23.3 Å². The van der Waals surface area contributed by atoms with Crippen LogP contribution in [0.4, 0.5) is 0 Å². The van der Waals surface area contributed by atoms with E-state index in [2.05, 4.69) is 13.8 Å². The van der Waals surface area contributed by atoms with Crippen LogP contribution in [0.3, 0.4) is 0 Å². The zero-order valence-corrected chi connectivity index (χ0v) is 11.3. The Hall–Kier alpha value is -1.18. The van der Waals surface area contributed by atoms with Crippen molar-refractivity contribution in [2.75, 3.05) is 7.11 Å². The fourth-order valence-corrected chi connectivity index (χ4v) is 2.11. The minimum atomic E-state index is 0.422. The molecule has 2 heteroatoms. The summed E-state index contributed by atoms with van der Waals surface area (Å²) in [5.41, 5.74) is 2.28. The van der Waals surface area contributed by atoms with E-state index in [0.29, 0.717) is 5.75 Å². The quantitative estimate of drug-likeness (QED) is 0.772. The van der Waals surface area contributed by atoms with Gasteiger partial charge < -0.3 is 9.84 Å². The van der Waals surface area contributed by atoms with Crippen LogP contribution < -0.4 is 4.74 Å². The van der Waals surface area contributed by atoms with Crippen molar-refractivity contribution in [3.63, 3.8) is 0 Å². The molecule has 2 nitrogen and oxygen atoms in total. The van der Waals surface area contributed by atoms with E-state index >= 15 is 0 Å². The molecule has 0 aliphatic carbocycles. The fourth-order valence-electron chi connectivity index (χ4n) is 2.11. The number of phenolic OH excluding ortho intramolecular Hbond substituents is 1. The summed E-state index contributed by atoms with van der Waals surface area (Å²) in [6, 6.07) is 3.62. The predicted molar refractivity (Wildman–Crippen MR) is 71.9 cm³/mol. The standard InChI is InChI=1S/C15H24O2/c1-4-6-8-12-13(9-7-5-2)15(17-3)11-10-14(12)16/h10-11,16H,4-9H2,1-3H3. The molecule has 0 spiro atoms. The Morgan fingerprint density at radius 3 is 2.12 bits per heavy atom. The number of phenols is 1. The first-order valence-electron chi connectivity index (χ1n) is 6.62. The molecular formula is C15H24O2. The first-order chi connectivity index (χ1) is 8.24. The van der Waals surface area contributed by atoms with Gasteiger partial charge in [0, 0.05) is 11.1 Å². The average molecular weight is 236 g/mol. The van der Waals surface area contributed by atoms with Crippen molar-refractivity contribution in [1.82, 2.24) is 0 Å². The smallest absolute Gasteiger partial charge is 0.122 e. The lowest BCUT2D eigenvalue weighted by atomic mass is 9.96. The van der Waals surface area contributed by atoms with Crippen LogP contribution in [0, 0.1) is 0 Å². The molecule has 1 N–H and O–H groups in total. The SMILES string of the molecule is CCCCc1c(O)ccc(OC)c1CCCC. The van der Waals surface area contributed by atoms with Gasteiger partial charge in [-0.25, -0.2) is 0 Å². The van der Waals surface area contributed by atoms with E-state index < -0.39 is 0 Å². The van der Waals surface area contributed by atoms with Gasteiger partial charge in [-0.05, 0) is 37.8 Å². The Morgan fingerprint density at radius 2 is 1.59 bits per heavy atom. The average Bonchev–Trinajstić information content (AvgIpc) is 2.35. The van der Waals surface area contributed by atoms with E-state index in [1.54, 1.807) is 13.2 Å². The van der Waals surface area contributed by atoms with Gasteiger partial charge in [-0.15, -0.1) is 0 Å². The van der Waals surface area contributed by atoms with Crippen LogP contribution in [0.15, 0.2) is 12.1 Å². The Bertz CT molecular complexity index is 345. The molecule has 0 atom stereocenters. The maximum atomic E-state index is 9.98. The molecule has 0 unspecified atom stereocenters. The third-order valence-corrected chi connectivity index (χ3v) is 3.14. The molecule has 0 aliphatic heterocycles. The summed E-state index contributed by atoms with van der Waals surface area (Å²) in [5, 5.41) is 9.98. The molecule has 0 aromatic heterocycles. The molecule has 0 heterocycles. The highest BCUT2D eigenvalue weighted by atomic mass is 16.5. The molecule has 0 radical (unpaired) electrons.